The molecule has 0 saturated heterocycles. The summed E-state index contributed by atoms with van der Waals surface area (Å²) in [6, 6.07) is 16.2. The number of allylic oxidation sites excluding steroid dienone is 2. The molecule has 0 atom stereocenters. The Hall–Kier alpha value is -5.58. The molecule has 5 heterocycles. The maximum Gasteiger partial charge on any atom is 0.422 e. The first-order valence-electron chi connectivity index (χ1n) is 17.2. The van der Waals surface area contributed by atoms with Crippen molar-refractivity contribution in [3.8, 4) is 51.2 Å². The highest BCUT2D eigenvalue weighted by Crippen LogP contribution is 2.49. The minimum Gasteiger partial charge on any atom is -0.203 e. The van der Waals surface area contributed by atoms with E-state index in [1.165, 1.54) is 58.3 Å². The summed E-state index contributed by atoms with van der Waals surface area (Å²) in [4.78, 5) is 6.62. The summed E-state index contributed by atoms with van der Waals surface area (Å²) in [6.07, 6.45) is -9.69. The minimum atomic E-state index is -5.75. The lowest BCUT2D eigenvalue weighted by atomic mass is 10.0. The highest BCUT2D eigenvalue weighted by Gasteiger charge is 2.44. The normalized spacial score (nSPS) is 12.6. The van der Waals surface area contributed by atoms with Crippen molar-refractivity contribution in [3.05, 3.63) is 138 Å². The van der Waals surface area contributed by atoms with E-state index in [0.717, 1.165) is 75.2 Å². The van der Waals surface area contributed by atoms with Crippen LogP contribution >= 0.6 is 56.7 Å². The van der Waals surface area contributed by atoms with Gasteiger partial charge in [-0.1, -0.05) is 0 Å². The van der Waals surface area contributed by atoms with Gasteiger partial charge in [-0.15, -0.1) is 56.7 Å². The molecule has 0 bridgehead atoms. The molecule has 63 heavy (non-hydrogen) atoms. The quantitative estimate of drug-likeness (QED) is 0.0865. The molecule has 0 unspecified atom stereocenters. The van der Waals surface area contributed by atoms with Crippen molar-refractivity contribution >= 4 is 80.0 Å². The summed E-state index contributed by atoms with van der Waals surface area (Å²) < 4.78 is 194. The summed E-state index contributed by atoms with van der Waals surface area (Å²) in [5, 5.41) is 19.2. The molecule has 7 aromatic rings. The molecule has 0 fully saturated rings. The van der Waals surface area contributed by atoms with Crippen LogP contribution in [0.4, 0.5) is 61.5 Å². The molecule has 0 spiro atoms. The van der Waals surface area contributed by atoms with Crippen LogP contribution in [0, 0.1) is 83.0 Å². The van der Waals surface area contributed by atoms with Gasteiger partial charge in [-0.25, -0.2) is 35.1 Å². The largest absolute Gasteiger partial charge is 0.422 e. The van der Waals surface area contributed by atoms with E-state index in [-0.39, 0.29) is 9.75 Å². The number of hydrogen-bond acceptors (Lipinski definition) is 7. The van der Waals surface area contributed by atoms with Crippen LogP contribution in [-0.4, -0.2) is 0 Å². The maximum atomic E-state index is 14.7. The Morgan fingerprint density at radius 1 is 0.429 bits per heavy atom. The van der Waals surface area contributed by atoms with Gasteiger partial charge >= 0.3 is 12.4 Å². The second-order valence-corrected chi connectivity index (χ2v) is 18.5. The van der Waals surface area contributed by atoms with E-state index >= 15 is 0 Å². The third kappa shape index (κ3) is 8.24. The Bertz CT molecular complexity index is 2870. The maximum absolute atomic E-state index is 14.7. The molecular formula is C42H16F14N2S5. The fourth-order valence-electron chi connectivity index (χ4n) is 6.22. The van der Waals surface area contributed by atoms with Gasteiger partial charge in [0.05, 0.1) is 22.3 Å². The average Bonchev–Trinajstić information content (AvgIpc) is 4.07. The van der Waals surface area contributed by atoms with E-state index in [1.807, 2.05) is 26.0 Å². The molecule has 7 rings (SSSR count). The highest BCUT2D eigenvalue weighted by atomic mass is 32.1. The van der Waals surface area contributed by atoms with E-state index < -0.39 is 92.3 Å². The molecule has 0 radical (unpaired) electrons. The molecule has 0 aliphatic heterocycles. The molecule has 2 nitrogen and oxygen atoms in total. The van der Waals surface area contributed by atoms with Crippen molar-refractivity contribution in [2.45, 2.75) is 26.2 Å². The van der Waals surface area contributed by atoms with Crippen LogP contribution in [0.2, 0.25) is 0 Å². The number of alkyl halides is 6. The Balaban J connectivity index is 1.13. The lowest BCUT2D eigenvalue weighted by Gasteiger charge is -2.13. The van der Waals surface area contributed by atoms with E-state index in [0.29, 0.717) is 9.75 Å². The first kappa shape index (κ1) is 45.4. The van der Waals surface area contributed by atoms with E-state index in [1.54, 1.807) is 24.3 Å². The third-order valence-corrected chi connectivity index (χ3v) is 15.7. The summed E-state index contributed by atoms with van der Waals surface area (Å²) in [6.45, 7) is 3.85. The zero-order chi connectivity index (χ0) is 46.0. The summed E-state index contributed by atoms with van der Waals surface area (Å²) in [5.41, 5.74) is -8.66. The molecule has 0 aliphatic carbocycles. The summed E-state index contributed by atoms with van der Waals surface area (Å²) in [7, 11) is 0. The number of nitrogens with zero attached hydrogens (tertiary/aromatic N) is 2. The number of thiophene rings is 5. The Morgan fingerprint density at radius 3 is 1.02 bits per heavy atom. The Labute approximate surface area is 365 Å². The molecular weight excluding hydrogens is 959 g/mol. The number of benzene rings is 2. The molecule has 0 amide bonds. The van der Waals surface area contributed by atoms with E-state index in [9.17, 15) is 72.0 Å². The predicted molar refractivity (Wildman–Crippen MR) is 217 cm³/mol. The van der Waals surface area contributed by atoms with Gasteiger partial charge in [0.25, 0.3) is 0 Å². The van der Waals surface area contributed by atoms with E-state index in [2.05, 4.69) is 0 Å². The molecule has 322 valence electrons. The lowest BCUT2D eigenvalue weighted by molar-refractivity contribution is -0.144. The van der Waals surface area contributed by atoms with Gasteiger partial charge in [0.1, 0.15) is 23.3 Å². The zero-order valence-electron chi connectivity index (χ0n) is 31.0. The fraction of sp³-hybridized carbons (Fsp3) is 0.0952. The molecule has 0 aliphatic rings. The molecule has 0 saturated carbocycles. The standard InChI is InChI=1S/C42H16F14N2S5/c1-15-16(2)40(26-10-8-24(62-26)22-6-4-20(60-22)12-18(14-58)28-33(45)37(49)30(42(54,55)56)38(50)34(28)46)63-39(15)25-9-7-23(61-25)21-5-3-19(59-21)11-17(13-57)27-31(43)35(47)29(41(51,52)53)36(48)32(27)44/h3-12H,1-2H3/b17-11+,18-12+. The molecule has 2 aromatic carbocycles. The zero-order valence-corrected chi connectivity index (χ0v) is 35.1. The number of hydrogen-bond donors (Lipinski definition) is 0. The molecule has 0 N–H and O–H groups in total. The van der Waals surface area contributed by atoms with Crippen LogP contribution < -0.4 is 0 Å². The van der Waals surface area contributed by atoms with Gasteiger partial charge in [0, 0.05) is 48.8 Å². The van der Waals surface area contributed by atoms with Crippen LogP contribution in [0.5, 0.6) is 0 Å². The highest BCUT2D eigenvalue weighted by molar-refractivity contribution is 7.30. The number of halogens is 14. The summed E-state index contributed by atoms with van der Waals surface area (Å²) in [5.74, 6) is -20.2. The van der Waals surface area contributed by atoms with Crippen molar-refractivity contribution in [1.29, 1.82) is 10.5 Å². The van der Waals surface area contributed by atoms with Crippen LogP contribution in [0.15, 0.2) is 48.5 Å². The van der Waals surface area contributed by atoms with Gasteiger partial charge in [-0.2, -0.15) is 36.9 Å². The van der Waals surface area contributed by atoms with Gasteiger partial charge in [-0.3, -0.25) is 0 Å². The van der Waals surface area contributed by atoms with Gasteiger partial charge in [0.2, 0.25) is 0 Å². The van der Waals surface area contributed by atoms with Gasteiger partial charge in [0.15, 0.2) is 46.5 Å². The van der Waals surface area contributed by atoms with Crippen LogP contribution in [0.1, 0.15) is 43.1 Å². The topological polar surface area (TPSA) is 47.6 Å². The first-order valence-corrected chi connectivity index (χ1v) is 21.3. The Kier molecular flexibility index (Phi) is 12.2. The number of nitriles is 2. The van der Waals surface area contributed by atoms with Crippen molar-refractivity contribution in [2.75, 3.05) is 0 Å². The van der Waals surface area contributed by atoms with Gasteiger partial charge in [-0.05, 0) is 85.7 Å². The minimum absolute atomic E-state index is 0.196. The van der Waals surface area contributed by atoms with Crippen molar-refractivity contribution in [3.63, 3.8) is 0 Å². The SMILES string of the molecule is Cc1c(-c2ccc(-c3ccc(/C=C(\C#N)c4c(F)c(F)c(C(F)(F)F)c(F)c4F)s3)s2)sc(-c2ccc(-c3ccc(/C=C(\C#N)c4c(F)c(F)c(C(F)(F)F)c(F)c4F)s3)s2)c1C. The second kappa shape index (κ2) is 16.8. The van der Waals surface area contributed by atoms with E-state index in [4.69, 9.17) is 0 Å². The second-order valence-electron chi connectivity index (χ2n) is 13.1. The lowest BCUT2D eigenvalue weighted by Crippen LogP contribution is -2.16. The predicted octanol–water partition coefficient (Wildman–Crippen LogP) is 16.6. The number of rotatable bonds is 8. The third-order valence-electron chi connectivity index (χ3n) is 9.29. The van der Waals surface area contributed by atoms with Crippen LogP contribution in [-0.2, 0) is 12.4 Å². The van der Waals surface area contributed by atoms with Crippen molar-refractivity contribution in [2.24, 2.45) is 0 Å². The smallest absolute Gasteiger partial charge is 0.203 e. The average molecular weight is 975 g/mol. The molecule has 21 heteroatoms. The van der Waals surface area contributed by atoms with Gasteiger partial charge < -0.3 is 0 Å². The van der Waals surface area contributed by atoms with Crippen LogP contribution in [0.3, 0.4) is 0 Å². The molecule has 5 aromatic heterocycles. The monoisotopic (exact) mass is 974 g/mol. The van der Waals surface area contributed by atoms with Crippen molar-refractivity contribution < 1.29 is 61.5 Å². The summed E-state index contributed by atoms with van der Waals surface area (Å²) >= 11 is 6.31. The first-order chi connectivity index (χ1) is 29.6. The Morgan fingerprint density at radius 2 is 0.714 bits per heavy atom. The fourth-order valence-corrected chi connectivity index (χ4v) is 12.0. The van der Waals surface area contributed by atoms with Crippen molar-refractivity contribution in [1.82, 2.24) is 0 Å². The van der Waals surface area contributed by atoms with Crippen LogP contribution in [0.25, 0.3) is 62.3 Å².